The Morgan fingerprint density at radius 2 is 2.08 bits per heavy atom. The molecule has 1 saturated heterocycles. The van der Waals surface area contributed by atoms with Crippen molar-refractivity contribution in [2.75, 3.05) is 39.6 Å². The lowest BCUT2D eigenvalue weighted by atomic mass is 10.1. The Bertz CT molecular complexity index is 712. The van der Waals surface area contributed by atoms with E-state index in [2.05, 4.69) is 27.3 Å². The number of morpholine rings is 1. The van der Waals surface area contributed by atoms with E-state index in [1.54, 1.807) is 0 Å². The Labute approximate surface area is 147 Å². The molecule has 0 spiro atoms. The highest BCUT2D eigenvalue weighted by atomic mass is 16.7. The summed E-state index contributed by atoms with van der Waals surface area (Å²) in [6.45, 7) is 7.94. The molecular weight excluding hydrogens is 320 g/mol. The number of nitrogens with zero attached hydrogens (tertiary/aromatic N) is 2. The van der Waals surface area contributed by atoms with Crippen molar-refractivity contribution in [1.29, 1.82) is 0 Å². The van der Waals surface area contributed by atoms with Gasteiger partial charge < -0.3 is 19.5 Å². The monoisotopic (exact) mass is 344 g/mol. The van der Waals surface area contributed by atoms with Crippen LogP contribution in [0.25, 0.3) is 11.3 Å². The van der Waals surface area contributed by atoms with Crippen molar-refractivity contribution >= 4 is 0 Å². The summed E-state index contributed by atoms with van der Waals surface area (Å²) in [5.41, 5.74) is 3.22. The summed E-state index contributed by atoms with van der Waals surface area (Å²) in [4.78, 5) is 2.46. The van der Waals surface area contributed by atoms with Gasteiger partial charge in [0.1, 0.15) is 0 Å². The number of hydrogen-bond acceptors (Lipinski definition) is 6. The van der Waals surface area contributed by atoms with Crippen molar-refractivity contribution in [1.82, 2.24) is 20.4 Å². The average molecular weight is 344 g/mol. The molecule has 0 unspecified atom stereocenters. The van der Waals surface area contributed by atoms with Gasteiger partial charge in [-0.3, -0.25) is 10.00 Å². The molecule has 1 aromatic heterocycles. The zero-order chi connectivity index (χ0) is 17.1. The van der Waals surface area contributed by atoms with E-state index in [0.29, 0.717) is 6.04 Å². The van der Waals surface area contributed by atoms with Crippen molar-refractivity contribution in [3.8, 4) is 22.8 Å². The molecule has 1 aromatic carbocycles. The fourth-order valence-corrected chi connectivity index (χ4v) is 3.31. The van der Waals surface area contributed by atoms with Gasteiger partial charge in [0.25, 0.3) is 0 Å². The first-order valence-corrected chi connectivity index (χ1v) is 8.76. The minimum atomic E-state index is 0.287. The minimum Gasteiger partial charge on any atom is -0.454 e. The first-order chi connectivity index (χ1) is 12.3. The third-order valence-electron chi connectivity index (χ3n) is 4.80. The van der Waals surface area contributed by atoms with Crippen LogP contribution in [0.4, 0.5) is 0 Å². The van der Waals surface area contributed by atoms with E-state index < -0.39 is 0 Å². The number of nitrogens with one attached hydrogen (secondary N) is 2. The van der Waals surface area contributed by atoms with Crippen LogP contribution in [0.2, 0.25) is 0 Å². The number of benzene rings is 1. The molecule has 0 radical (unpaired) electrons. The summed E-state index contributed by atoms with van der Waals surface area (Å²) < 4.78 is 16.3. The van der Waals surface area contributed by atoms with E-state index in [9.17, 15) is 0 Å². The van der Waals surface area contributed by atoms with Gasteiger partial charge in [-0.25, -0.2) is 0 Å². The molecular formula is C18H24N4O3. The topological polar surface area (TPSA) is 71.6 Å². The smallest absolute Gasteiger partial charge is 0.231 e. The molecule has 3 heterocycles. The molecule has 2 aliphatic heterocycles. The molecule has 4 rings (SSSR count). The lowest BCUT2D eigenvalue weighted by molar-refractivity contribution is 0.0203. The van der Waals surface area contributed by atoms with Crippen LogP contribution in [0.15, 0.2) is 24.4 Å². The van der Waals surface area contributed by atoms with Gasteiger partial charge in [0.2, 0.25) is 6.79 Å². The van der Waals surface area contributed by atoms with Gasteiger partial charge in [-0.2, -0.15) is 5.10 Å². The molecule has 0 amide bonds. The number of fused-ring (bicyclic) bond motifs is 1. The predicted octanol–water partition coefficient (Wildman–Crippen LogP) is 1.62. The first-order valence-electron chi connectivity index (χ1n) is 8.76. The highest BCUT2D eigenvalue weighted by Gasteiger charge is 2.18. The zero-order valence-corrected chi connectivity index (χ0v) is 14.5. The standard InChI is InChI=1S/C18H24N4O3/c1-13(22-4-6-23-7-5-22)9-19-10-15-11-20-21-18(15)14-2-3-16-17(8-14)25-12-24-16/h2-3,8,11,13,19H,4-7,9-10,12H2,1H3,(H,20,21)/t13-/m1/s1. The van der Waals surface area contributed by atoms with Gasteiger partial charge in [0.05, 0.1) is 25.1 Å². The molecule has 0 bridgehead atoms. The number of aromatic nitrogens is 2. The maximum Gasteiger partial charge on any atom is 0.231 e. The van der Waals surface area contributed by atoms with Crippen LogP contribution < -0.4 is 14.8 Å². The Balaban J connectivity index is 1.37. The molecule has 2 N–H and O–H groups in total. The maximum absolute atomic E-state index is 5.47. The molecule has 7 nitrogen and oxygen atoms in total. The SMILES string of the molecule is C[C@H](CNCc1cn[nH]c1-c1ccc2c(c1)OCO2)N1CCOCC1. The Kier molecular flexibility index (Phi) is 4.87. The summed E-state index contributed by atoms with van der Waals surface area (Å²) in [7, 11) is 0. The molecule has 2 aliphatic rings. The second kappa shape index (κ2) is 7.43. The van der Waals surface area contributed by atoms with Gasteiger partial charge in [-0.1, -0.05) is 0 Å². The van der Waals surface area contributed by atoms with Crippen LogP contribution in [0, 0.1) is 0 Å². The molecule has 2 aromatic rings. The van der Waals surface area contributed by atoms with Gasteiger partial charge >= 0.3 is 0 Å². The lowest BCUT2D eigenvalue weighted by Crippen LogP contribution is -2.46. The number of hydrogen-bond donors (Lipinski definition) is 2. The van der Waals surface area contributed by atoms with Crippen LogP contribution in [0.5, 0.6) is 11.5 Å². The molecule has 1 fully saturated rings. The molecule has 25 heavy (non-hydrogen) atoms. The molecule has 1 atom stereocenters. The van der Waals surface area contributed by atoms with E-state index in [0.717, 1.165) is 67.7 Å². The zero-order valence-electron chi connectivity index (χ0n) is 14.5. The highest BCUT2D eigenvalue weighted by molar-refractivity contribution is 5.66. The van der Waals surface area contributed by atoms with Gasteiger partial charge in [0.15, 0.2) is 11.5 Å². The van der Waals surface area contributed by atoms with Crippen LogP contribution in [-0.4, -0.2) is 60.8 Å². The van der Waals surface area contributed by atoms with E-state index in [-0.39, 0.29) is 6.79 Å². The number of ether oxygens (including phenoxy) is 3. The normalized spacial score (nSPS) is 18.4. The van der Waals surface area contributed by atoms with Crippen LogP contribution in [0.1, 0.15) is 12.5 Å². The largest absolute Gasteiger partial charge is 0.454 e. The fourth-order valence-electron chi connectivity index (χ4n) is 3.31. The van der Waals surface area contributed by atoms with Crippen LogP contribution >= 0.6 is 0 Å². The summed E-state index contributed by atoms with van der Waals surface area (Å²) >= 11 is 0. The Hall–Kier alpha value is -2.09. The van der Waals surface area contributed by atoms with Crippen molar-refractivity contribution in [2.45, 2.75) is 19.5 Å². The summed E-state index contributed by atoms with van der Waals surface area (Å²) in [6, 6.07) is 6.46. The number of H-pyrrole nitrogens is 1. The first kappa shape index (κ1) is 16.4. The second-order valence-electron chi connectivity index (χ2n) is 6.47. The fraction of sp³-hybridized carbons (Fsp3) is 0.500. The van der Waals surface area contributed by atoms with Crippen molar-refractivity contribution in [3.63, 3.8) is 0 Å². The van der Waals surface area contributed by atoms with Gasteiger partial charge in [0, 0.05) is 43.3 Å². The second-order valence-corrected chi connectivity index (χ2v) is 6.47. The molecule has 0 aliphatic carbocycles. The summed E-state index contributed by atoms with van der Waals surface area (Å²) in [5.74, 6) is 1.58. The van der Waals surface area contributed by atoms with E-state index in [4.69, 9.17) is 14.2 Å². The average Bonchev–Trinajstić information content (AvgIpc) is 3.30. The number of rotatable bonds is 6. The van der Waals surface area contributed by atoms with E-state index in [1.165, 1.54) is 0 Å². The third-order valence-corrected chi connectivity index (χ3v) is 4.80. The van der Waals surface area contributed by atoms with Crippen molar-refractivity contribution in [2.24, 2.45) is 0 Å². The summed E-state index contributed by atoms with van der Waals surface area (Å²) in [6.07, 6.45) is 1.88. The maximum atomic E-state index is 5.47. The summed E-state index contributed by atoms with van der Waals surface area (Å²) in [5, 5.41) is 10.9. The van der Waals surface area contributed by atoms with Crippen molar-refractivity contribution < 1.29 is 14.2 Å². The molecule has 0 saturated carbocycles. The minimum absolute atomic E-state index is 0.287. The lowest BCUT2D eigenvalue weighted by Gasteiger charge is -2.32. The third kappa shape index (κ3) is 3.63. The predicted molar refractivity (Wildman–Crippen MR) is 93.7 cm³/mol. The highest BCUT2D eigenvalue weighted by Crippen LogP contribution is 2.36. The van der Waals surface area contributed by atoms with Crippen LogP contribution in [-0.2, 0) is 11.3 Å². The van der Waals surface area contributed by atoms with Crippen LogP contribution in [0.3, 0.4) is 0 Å². The van der Waals surface area contributed by atoms with Gasteiger partial charge in [-0.15, -0.1) is 0 Å². The molecule has 7 heteroatoms. The van der Waals surface area contributed by atoms with E-state index >= 15 is 0 Å². The molecule has 134 valence electrons. The number of aromatic amines is 1. The Morgan fingerprint density at radius 1 is 1.24 bits per heavy atom. The van der Waals surface area contributed by atoms with Crippen molar-refractivity contribution in [3.05, 3.63) is 30.0 Å². The van der Waals surface area contributed by atoms with E-state index in [1.807, 2.05) is 24.4 Å². The quantitative estimate of drug-likeness (QED) is 0.830. The Morgan fingerprint density at radius 3 is 2.96 bits per heavy atom. The van der Waals surface area contributed by atoms with Gasteiger partial charge in [-0.05, 0) is 25.1 Å².